The number of carboxylic acid groups (broad SMARTS) is 1. The van der Waals surface area contributed by atoms with E-state index in [2.05, 4.69) is 12.1 Å². The summed E-state index contributed by atoms with van der Waals surface area (Å²) in [6.07, 6.45) is 7.83. The second-order valence-electron chi connectivity index (χ2n) is 6.34. The van der Waals surface area contributed by atoms with Gasteiger partial charge in [0.05, 0.1) is 5.41 Å². The number of carbonyl (C=O) groups is 1. The minimum Gasteiger partial charge on any atom is -0.481 e. The molecule has 0 aliphatic heterocycles. The lowest BCUT2D eigenvalue weighted by Crippen LogP contribution is -2.28. The summed E-state index contributed by atoms with van der Waals surface area (Å²) in [7, 11) is 0. The molecule has 0 aromatic heterocycles. The molecule has 19 heavy (non-hydrogen) atoms. The van der Waals surface area contributed by atoms with Crippen molar-refractivity contribution in [2.45, 2.75) is 57.8 Å². The van der Waals surface area contributed by atoms with Crippen molar-refractivity contribution in [1.29, 1.82) is 0 Å². The van der Waals surface area contributed by atoms with Gasteiger partial charge in [-0.2, -0.15) is 0 Å². The van der Waals surface area contributed by atoms with E-state index in [1.165, 1.54) is 37.7 Å². The molecule has 0 spiro atoms. The van der Waals surface area contributed by atoms with Gasteiger partial charge in [0.1, 0.15) is 0 Å². The van der Waals surface area contributed by atoms with Crippen LogP contribution in [0.5, 0.6) is 0 Å². The van der Waals surface area contributed by atoms with Crippen LogP contribution < -0.4 is 0 Å². The first-order chi connectivity index (χ1) is 9.00. The Labute approximate surface area is 115 Å². The van der Waals surface area contributed by atoms with E-state index in [4.69, 9.17) is 0 Å². The highest BCUT2D eigenvalue weighted by Gasteiger charge is 2.29. The molecule has 1 N–H and O–H groups in total. The second-order valence-corrected chi connectivity index (χ2v) is 6.34. The summed E-state index contributed by atoms with van der Waals surface area (Å²) in [6, 6.07) is 8.15. The SMILES string of the molecule is CC(C)(C(=O)O)c1cccc(CC2CCCCC2)c1. The van der Waals surface area contributed by atoms with Crippen LogP contribution in [0.1, 0.15) is 57.1 Å². The molecule has 2 rings (SSSR count). The van der Waals surface area contributed by atoms with Gasteiger partial charge in [-0.05, 0) is 37.3 Å². The average Bonchev–Trinajstić information content (AvgIpc) is 2.40. The van der Waals surface area contributed by atoms with E-state index in [1.54, 1.807) is 13.8 Å². The van der Waals surface area contributed by atoms with Crippen LogP contribution in [-0.2, 0) is 16.6 Å². The van der Waals surface area contributed by atoms with Crippen LogP contribution in [-0.4, -0.2) is 11.1 Å². The molecule has 0 heterocycles. The Hall–Kier alpha value is -1.31. The van der Waals surface area contributed by atoms with Gasteiger partial charge >= 0.3 is 5.97 Å². The maximum Gasteiger partial charge on any atom is 0.313 e. The maximum atomic E-state index is 11.3. The number of rotatable bonds is 4. The number of aliphatic carboxylic acids is 1. The highest BCUT2D eigenvalue weighted by atomic mass is 16.4. The van der Waals surface area contributed by atoms with E-state index < -0.39 is 11.4 Å². The van der Waals surface area contributed by atoms with Crippen molar-refractivity contribution in [1.82, 2.24) is 0 Å². The third kappa shape index (κ3) is 3.37. The Morgan fingerprint density at radius 3 is 2.58 bits per heavy atom. The van der Waals surface area contributed by atoms with Crippen LogP contribution in [0.3, 0.4) is 0 Å². The molecule has 1 fully saturated rings. The van der Waals surface area contributed by atoms with Gasteiger partial charge in [-0.3, -0.25) is 4.79 Å². The van der Waals surface area contributed by atoms with E-state index in [-0.39, 0.29) is 0 Å². The van der Waals surface area contributed by atoms with Crippen molar-refractivity contribution in [2.75, 3.05) is 0 Å². The average molecular weight is 260 g/mol. The fourth-order valence-electron chi connectivity index (χ4n) is 2.94. The number of carboxylic acids is 1. The molecule has 0 amide bonds. The molecule has 0 radical (unpaired) electrons. The Balaban J connectivity index is 2.12. The quantitative estimate of drug-likeness (QED) is 0.882. The predicted molar refractivity (Wildman–Crippen MR) is 77.4 cm³/mol. The number of hydrogen-bond acceptors (Lipinski definition) is 1. The van der Waals surface area contributed by atoms with Crippen LogP contribution in [0, 0.1) is 5.92 Å². The first kappa shape index (κ1) is 14.1. The lowest BCUT2D eigenvalue weighted by Gasteiger charge is -2.23. The van der Waals surface area contributed by atoms with Gasteiger partial charge in [-0.15, -0.1) is 0 Å². The third-order valence-corrected chi connectivity index (χ3v) is 4.43. The molecule has 104 valence electrons. The van der Waals surface area contributed by atoms with Gasteiger partial charge in [0.25, 0.3) is 0 Å². The summed E-state index contributed by atoms with van der Waals surface area (Å²) in [5, 5.41) is 9.31. The minimum atomic E-state index is -0.803. The Kier molecular flexibility index (Phi) is 4.28. The first-order valence-corrected chi connectivity index (χ1v) is 7.33. The molecule has 2 heteroatoms. The van der Waals surface area contributed by atoms with E-state index in [1.807, 2.05) is 12.1 Å². The normalized spacial score (nSPS) is 17.4. The van der Waals surface area contributed by atoms with Crippen LogP contribution in [0.4, 0.5) is 0 Å². The van der Waals surface area contributed by atoms with Gasteiger partial charge in [-0.1, -0.05) is 56.4 Å². The van der Waals surface area contributed by atoms with Crippen molar-refractivity contribution >= 4 is 5.97 Å². The van der Waals surface area contributed by atoms with E-state index in [9.17, 15) is 9.90 Å². The summed E-state index contributed by atoms with van der Waals surface area (Å²) in [4.78, 5) is 11.3. The molecule has 2 nitrogen and oxygen atoms in total. The number of hydrogen-bond donors (Lipinski definition) is 1. The molecule has 1 saturated carbocycles. The van der Waals surface area contributed by atoms with Crippen molar-refractivity contribution in [3.8, 4) is 0 Å². The molecule has 1 aliphatic carbocycles. The molecule has 0 atom stereocenters. The third-order valence-electron chi connectivity index (χ3n) is 4.43. The minimum absolute atomic E-state index is 0.762. The Morgan fingerprint density at radius 2 is 1.95 bits per heavy atom. The van der Waals surface area contributed by atoms with Gasteiger partial charge < -0.3 is 5.11 Å². The van der Waals surface area contributed by atoms with Crippen LogP contribution >= 0.6 is 0 Å². The topological polar surface area (TPSA) is 37.3 Å². The summed E-state index contributed by atoms with van der Waals surface area (Å²) in [6.45, 7) is 3.55. The fraction of sp³-hybridized carbons (Fsp3) is 0.588. The second kappa shape index (κ2) is 5.77. The van der Waals surface area contributed by atoms with Crippen molar-refractivity contribution < 1.29 is 9.90 Å². The smallest absolute Gasteiger partial charge is 0.313 e. The van der Waals surface area contributed by atoms with E-state index >= 15 is 0 Å². The fourth-order valence-corrected chi connectivity index (χ4v) is 2.94. The van der Waals surface area contributed by atoms with Crippen molar-refractivity contribution in [3.05, 3.63) is 35.4 Å². The zero-order valence-electron chi connectivity index (χ0n) is 12.0. The largest absolute Gasteiger partial charge is 0.481 e. The molecule has 1 aromatic rings. The molecule has 1 aliphatic rings. The standard InChI is InChI=1S/C17H24O2/c1-17(2,16(18)19)15-10-6-9-14(12-15)11-13-7-4-3-5-8-13/h6,9-10,12-13H,3-5,7-8,11H2,1-2H3,(H,18,19). The monoisotopic (exact) mass is 260 g/mol. The van der Waals surface area contributed by atoms with Crippen LogP contribution in [0.15, 0.2) is 24.3 Å². The highest BCUT2D eigenvalue weighted by Crippen LogP contribution is 2.29. The predicted octanol–water partition coefficient (Wildman–Crippen LogP) is 4.17. The zero-order chi connectivity index (χ0) is 13.9. The first-order valence-electron chi connectivity index (χ1n) is 7.33. The molecule has 0 unspecified atom stereocenters. The van der Waals surface area contributed by atoms with Gasteiger partial charge in [0, 0.05) is 0 Å². The summed E-state index contributed by atoms with van der Waals surface area (Å²) < 4.78 is 0. The number of benzene rings is 1. The highest BCUT2D eigenvalue weighted by molar-refractivity contribution is 5.80. The molecular formula is C17H24O2. The van der Waals surface area contributed by atoms with Crippen molar-refractivity contribution in [2.24, 2.45) is 5.92 Å². The zero-order valence-corrected chi connectivity index (χ0v) is 12.0. The maximum absolute atomic E-state index is 11.3. The molecule has 0 saturated heterocycles. The van der Waals surface area contributed by atoms with Gasteiger partial charge in [0.15, 0.2) is 0 Å². The summed E-state index contributed by atoms with van der Waals surface area (Å²) in [5.41, 5.74) is 1.40. The Morgan fingerprint density at radius 1 is 1.26 bits per heavy atom. The summed E-state index contributed by atoms with van der Waals surface area (Å²) >= 11 is 0. The molecule has 1 aromatic carbocycles. The van der Waals surface area contributed by atoms with E-state index in [0.29, 0.717) is 0 Å². The molecular weight excluding hydrogens is 236 g/mol. The Bertz CT molecular complexity index is 442. The lowest BCUT2D eigenvalue weighted by molar-refractivity contribution is -0.142. The molecule has 0 bridgehead atoms. The van der Waals surface area contributed by atoms with Crippen LogP contribution in [0.25, 0.3) is 0 Å². The van der Waals surface area contributed by atoms with Gasteiger partial charge in [0.2, 0.25) is 0 Å². The summed E-state index contributed by atoms with van der Waals surface area (Å²) in [5.74, 6) is 0.0271. The van der Waals surface area contributed by atoms with Gasteiger partial charge in [-0.25, -0.2) is 0 Å². The van der Waals surface area contributed by atoms with Crippen molar-refractivity contribution in [3.63, 3.8) is 0 Å². The van der Waals surface area contributed by atoms with Crippen LogP contribution in [0.2, 0.25) is 0 Å². The lowest BCUT2D eigenvalue weighted by atomic mass is 9.81. The van der Waals surface area contributed by atoms with E-state index in [0.717, 1.165) is 17.9 Å².